The van der Waals surface area contributed by atoms with Gasteiger partial charge in [0.05, 0.1) is 22.2 Å². The molecule has 1 saturated heterocycles. The van der Waals surface area contributed by atoms with Crippen molar-refractivity contribution in [3.05, 3.63) is 66.5 Å². The Kier molecular flexibility index (Phi) is 4.64. The standard InChI is InChI=1S/C25H29BN2O2/c1-24(2)25(3,4)30-26(29-24)19-16-14-18(15-17-19)23-27-21-12-8-9-13-22(21)28(23)20-10-6-5-7-11-20/h5-6,8-10,12-16,19H,7,11,17H2,1-4H3. The summed E-state index contributed by atoms with van der Waals surface area (Å²) >= 11 is 0. The molecule has 1 fully saturated rings. The monoisotopic (exact) mass is 400 g/mol. The molecule has 0 bridgehead atoms. The fourth-order valence-corrected chi connectivity index (χ4v) is 4.35. The number of para-hydroxylation sites is 2. The second kappa shape index (κ2) is 7.10. The number of aromatic nitrogens is 2. The Morgan fingerprint density at radius 3 is 2.53 bits per heavy atom. The van der Waals surface area contributed by atoms with Gasteiger partial charge in [0, 0.05) is 17.1 Å². The lowest BCUT2D eigenvalue weighted by Gasteiger charge is -2.32. The number of rotatable bonds is 3. The van der Waals surface area contributed by atoms with E-state index in [2.05, 4.69) is 93.0 Å². The first-order valence-electron chi connectivity index (χ1n) is 10.9. The summed E-state index contributed by atoms with van der Waals surface area (Å²) < 4.78 is 14.9. The molecule has 1 aromatic carbocycles. The normalized spacial score (nSPS) is 24.9. The third-order valence-electron chi connectivity index (χ3n) is 6.85. The van der Waals surface area contributed by atoms with Crippen LogP contribution in [0.2, 0.25) is 5.82 Å². The predicted molar refractivity (Wildman–Crippen MR) is 124 cm³/mol. The molecule has 0 radical (unpaired) electrons. The van der Waals surface area contributed by atoms with Crippen LogP contribution in [0.5, 0.6) is 0 Å². The third kappa shape index (κ3) is 3.21. The molecule has 4 nitrogen and oxygen atoms in total. The van der Waals surface area contributed by atoms with Crippen molar-refractivity contribution in [2.45, 2.75) is 64.0 Å². The van der Waals surface area contributed by atoms with Crippen molar-refractivity contribution < 1.29 is 9.31 Å². The number of fused-ring (bicyclic) bond motifs is 1. The zero-order chi connectivity index (χ0) is 20.9. The number of hydrogen-bond acceptors (Lipinski definition) is 3. The van der Waals surface area contributed by atoms with Gasteiger partial charge in [-0.2, -0.15) is 0 Å². The first-order valence-corrected chi connectivity index (χ1v) is 10.9. The SMILES string of the molecule is CC1(C)OB(C2C=CC(c3nc4ccccc4n3C3=CC=CCC3)=CC2)OC1(C)C. The van der Waals surface area contributed by atoms with Crippen molar-refractivity contribution in [3.8, 4) is 0 Å². The first kappa shape index (κ1) is 19.6. The summed E-state index contributed by atoms with van der Waals surface area (Å²) in [5.74, 6) is 1.23. The summed E-state index contributed by atoms with van der Waals surface area (Å²) in [6.45, 7) is 8.43. The fraction of sp³-hybridized carbons (Fsp3) is 0.400. The molecule has 1 aliphatic heterocycles. The van der Waals surface area contributed by atoms with Crippen LogP contribution in [0.4, 0.5) is 0 Å². The Balaban J connectivity index is 1.46. The van der Waals surface area contributed by atoms with Crippen LogP contribution in [0.3, 0.4) is 0 Å². The van der Waals surface area contributed by atoms with Crippen molar-refractivity contribution in [3.63, 3.8) is 0 Å². The lowest BCUT2D eigenvalue weighted by Crippen LogP contribution is -2.41. The molecule has 30 heavy (non-hydrogen) atoms. The van der Waals surface area contributed by atoms with Crippen molar-refractivity contribution >= 4 is 29.4 Å². The summed E-state index contributed by atoms with van der Waals surface area (Å²) in [7, 11) is -0.214. The molecule has 2 heterocycles. The Bertz CT molecular complexity index is 1090. The molecule has 1 aromatic heterocycles. The summed E-state index contributed by atoms with van der Waals surface area (Å²) in [5, 5.41) is 0. The predicted octanol–water partition coefficient (Wildman–Crippen LogP) is 6.03. The molecule has 1 atom stereocenters. The molecule has 1 unspecified atom stereocenters. The maximum atomic E-state index is 6.27. The second-order valence-corrected chi connectivity index (χ2v) is 9.43. The van der Waals surface area contributed by atoms with Crippen LogP contribution in [0.25, 0.3) is 22.3 Å². The summed E-state index contributed by atoms with van der Waals surface area (Å²) in [4.78, 5) is 5.00. The second-order valence-electron chi connectivity index (χ2n) is 9.43. The highest BCUT2D eigenvalue weighted by molar-refractivity contribution is 6.48. The van der Waals surface area contributed by atoms with Crippen LogP contribution in [0, 0.1) is 0 Å². The number of hydrogen-bond donors (Lipinski definition) is 0. The molecule has 0 spiro atoms. The van der Waals surface area contributed by atoms with Gasteiger partial charge in [-0.15, -0.1) is 0 Å². The Labute approximate surface area is 179 Å². The van der Waals surface area contributed by atoms with Gasteiger partial charge in [-0.25, -0.2) is 4.98 Å². The third-order valence-corrected chi connectivity index (χ3v) is 6.85. The number of allylic oxidation sites excluding steroid dienone is 8. The van der Waals surface area contributed by atoms with E-state index in [1.807, 2.05) is 0 Å². The zero-order valence-electron chi connectivity index (χ0n) is 18.3. The molecular weight excluding hydrogens is 371 g/mol. The van der Waals surface area contributed by atoms with Gasteiger partial charge in [0.15, 0.2) is 0 Å². The van der Waals surface area contributed by atoms with Crippen LogP contribution in [0.15, 0.2) is 60.7 Å². The van der Waals surface area contributed by atoms with Gasteiger partial charge in [0.1, 0.15) is 5.82 Å². The van der Waals surface area contributed by atoms with Gasteiger partial charge in [-0.1, -0.05) is 42.5 Å². The van der Waals surface area contributed by atoms with E-state index < -0.39 is 0 Å². The van der Waals surface area contributed by atoms with E-state index in [1.165, 1.54) is 5.70 Å². The molecule has 0 saturated carbocycles. The van der Waals surface area contributed by atoms with Crippen molar-refractivity contribution in [2.24, 2.45) is 0 Å². The van der Waals surface area contributed by atoms with Gasteiger partial charge in [0.2, 0.25) is 0 Å². The number of nitrogens with zero attached hydrogens (tertiary/aromatic N) is 2. The molecule has 5 heteroatoms. The highest BCUT2D eigenvalue weighted by atomic mass is 16.7. The Morgan fingerprint density at radius 1 is 1.10 bits per heavy atom. The minimum Gasteiger partial charge on any atom is -0.403 e. The van der Waals surface area contributed by atoms with Crippen LogP contribution >= 0.6 is 0 Å². The zero-order valence-corrected chi connectivity index (χ0v) is 18.3. The topological polar surface area (TPSA) is 36.3 Å². The number of benzene rings is 1. The van der Waals surface area contributed by atoms with Crippen LogP contribution in [-0.4, -0.2) is 27.9 Å². The smallest absolute Gasteiger partial charge is 0.403 e. The average molecular weight is 400 g/mol. The molecule has 2 aliphatic carbocycles. The van der Waals surface area contributed by atoms with Crippen molar-refractivity contribution in [1.82, 2.24) is 9.55 Å². The lowest BCUT2D eigenvalue weighted by molar-refractivity contribution is 0.00578. The molecule has 5 rings (SSSR count). The summed E-state index contributed by atoms with van der Waals surface area (Å²) in [5.41, 5.74) is 4.05. The van der Waals surface area contributed by atoms with E-state index in [0.29, 0.717) is 0 Å². The van der Waals surface area contributed by atoms with Gasteiger partial charge in [-0.3, -0.25) is 4.57 Å². The largest absolute Gasteiger partial charge is 0.465 e. The lowest BCUT2D eigenvalue weighted by atomic mass is 9.68. The highest BCUT2D eigenvalue weighted by Crippen LogP contribution is 2.43. The van der Waals surface area contributed by atoms with Gasteiger partial charge in [0.25, 0.3) is 0 Å². The summed E-state index contributed by atoms with van der Waals surface area (Å²) in [6.07, 6.45) is 16.3. The minimum absolute atomic E-state index is 0.212. The molecule has 154 valence electrons. The van der Waals surface area contributed by atoms with Crippen LogP contribution in [-0.2, 0) is 9.31 Å². The van der Waals surface area contributed by atoms with Crippen molar-refractivity contribution in [2.75, 3.05) is 0 Å². The van der Waals surface area contributed by atoms with E-state index in [-0.39, 0.29) is 24.1 Å². The Hall–Kier alpha value is -2.37. The molecule has 0 amide bonds. The highest BCUT2D eigenvalue weighted by Gasteiger charge is 2.53. The molecule has 3 aliphatic rings. The van der Waals surface area contributed by atoms with Crippen LogP contribution in [0.1, 0.15) is 52.8 Å². The maximum Gasteiger partial charge on any atom is 0.465 e. The van der Waals surface area contributed by atoms with E-state index in [0.717, 1.165) is 41.7 Å². The molecule has 0 N–H and O–H groups in total. The van der Waals surface area contributed by atoms with Gasteiger partial charge in [-0.05, 0) is 65.2 Å². The number of imidazole rings is 1. The van der Waals surface area contributed by atoms with Crippen LogP contribution < -0.4 is 0 Å². The maximum absolute atomic E-state index is 6.27. The molecule has 2 aromatic rings. The van der Waals surface area contributed by atoms with E-state index in [4.69, 9.17) is 14.3 Å². The van der Waals surface area contributed by atoms with E-state index in [1.54, 1.807) is 0 Å². The van der Waals surface area contributed by atoms with Gasteiger partial charge >= 0.3 is 7.12 Å². The van der Waals surface area contributed by atoms with Crippen molar-refractivity contribution in [1.29, 1.82) is 0 Å². The average Bonchev–Trinajstić information content (AvgIpc) is 3.23. The summed E-state index contributed by atoms with van der Waals surface area (Å²) in [6, 6.07) is 8.39. The molecular formula is C25H29BN2O2. The minimum atomic E-state index is -0.301. The quantitative estimate of drug-likeness (QED) is 0.590. The Morgan fingerprint density at radius 2 is 1.87 bits per heavy atom. The van der Waals surface area contributed by atoms with E-state index >= 15 is 0 Å². The van der Waals surface area contributed by atoms with E-state index in [9.17, 15) is 0 Å². The first-order chi connectivity index (χ1) is 14.4. The van der Waals surface area contributed by atoms with Gasteiger partial charge < -0.3 is 9.31 Å². The fourth-order valence-electron chi connectivity index (χ4n) is 4.35.